The quantitative estimate of drug-likeness (QED) is 0.187. The summed E-state index contributed by atoms with van der Waals surface area (Å²) in [5, 5.41) is 19.6. The van der Waals surface area contributed by atoms with Crippen molar-refractivity contribution in [3.05, 3.63) is 137 Å². The first kappa shape index (κ1) is 28.6. The number of nitriles is 1. The molecule has 0 saturated carbocycles. The largest absolute Gasteiger partial charge is 0.493 e. The lowest BCUT2D eigenvalue weighted by Gasteiger charge is -2.34. The molecule has 0 spiro atoms. The standard InChI is InChI=1S/C34H29F3N4O/c1-32(2,3)23-42-29-20-24(19-28(21-29)34(35,36)37)31-30(22-38)39-41(40-31)33(25-13-7-4-8-14-25,26-15-9-5-10-16-26)27-17-11-6-12-18-27/h4-21H,23H2,1-3H3. The predicted octanol–water partition coefficient (Wildman–Crippen LogP) is 8.10. The van der Waals surface area contributed by atoms with E-state index in [1.54, 1.807) is 0 Å². The molecule has 0 saturated heterocycles. The summed E-state index contributed by atoms with van der Waals surface area (Å²) in [6, 6.07) is 34.2. The Labute approximate surface area is 242 Å². The minimum Gasteiger partial charge on any atom is -0.493 e. The molecule has 1 heterocycles. The number of halogens is 3. The van der Waals surface area contributed by atoms with E-state index in [9.17, 15) is 18.4 Å². The Morgan fingerprint density at radius 3 is 1.64 bits per heavy atom. The van der Waals surface area contributed by atoms with Gasteiger partial charge in [0.15, 0.2) is 11.2 Å². The van der Waals surface area contributed by atoms with Crippen LogP contribution in [-0.4, -0.2) is 21.6 Å². The van der Waals surface area contributed by atoms with Crippen molar-refractivity contribution >= 4 is 0 Å². The Morgan fingerprint density at radius 2 is 1.21 bits per heavy atom. The van der Waals surface area contributed by atoms with Crippen molar-refractivity contribution in [2.24, 2.45) is 5.41 Å². The van der Waals surface area contributed by atoms with Gasteiger partial charge in [0.25, 0.3) is 0 Å². The van der Waals surface area contributed by atoms with Crippen molar-refractivity contribution in [1.82, 2.24) is 15.0 Å². The fourth-order valence-corrected chi connectivity index (χ4v) is 4.89. The molecular weight excluding hydrogens is 537 g/mol. The van der Waals surface area contributed by atoms with Crippen molar-refractivity contribution < 1.29 is 17.9 Å². The topological polar surface area (TPSA) is 63.7 Å². The van der Waals surface area contributed by atoms with E-state index in [2.05, 4.69) is 11.2 Å². The SMILES string of the molecule is CC(C)(C)COc1cc(-c2nn(C(c3ccccc3)(c3ccccc3)c3ccccc3)nc2C#N)cc(C(F)(F)F)c1. The summed E-state index contributed by atoms with van der Waals surface area (Å²) in [7, 11) is 0. The molecule has 0 atom stereocenters. The van der Waals surface area contributed by atoms with Crippen molar-refractivity contribution in [3.63, 3.8) is 0 Å². The second-order valence-electron chi connectivity index (χ2n) is 11.2. The van der Waals surface area contributed by atoms with E-state index in [0.29, 0.717) is 0 Å². The lowest BCUT2D eigenvalue weighted by atomic mass is 9.77. The summed E-state index contributed by atoms with van der Waals surface area (Å²) in [5.41, 5.74) is 0.115. The fraction of sp³-hybridized carbons (Fsp3) is 0.206. The average Bonchev–Trinajstić information content (AvgIpc) is 3.42. The zero-order chi connectivity index (χ0) is 30.0. The summed E-state index contributed by atoms with van der Waals surface area (Å²) < 4.78 is 47.8. The van der Waals surface area contributed by atoms with Crippen LogP contribution < -0.4 is 4.74 Å². The molecule has 0 amide bonds. The Morgan fingerprint density at radius 1 is 0.714 bits per heavy atom. The van der Waals surface area contributed by atoms with Gasteiger partial charge in [-0.3, -0.25) is 0 Å². The van der Waals surface area contributed by atoms with Gasteiger partial charge in [-0.25, -0.2) is 0 Å². The zero-order valence-corrected chi connectivity index (χ0v) is 23.4. The van der Waals surface area contributed by atoms with Crippen LogP contribution in [0.3, 0.4) is 0 Å². The van der Waals surface area contributed by atoms with E-state index in [1.807, 2.05) is 112 Å². The average molecular weight is 567 g/mol. The minimum atomic E-state index is -4.64. The van der Waals surface area contributed by atoms with E-state index < -0.39 is 17.3 Å². The first-order valence-electron chi connectivity index (χ1n) is 13.4. The first-order chi connectivity index (χ1) is 20.0. The molecule has 0 unspecified atom stereocenters. The third-order valence-corrected chi connectivity index (χ3v) is 6.77. The Bertz CT molecular complexity index is 1610. The number of aromatic nitrogens is 3. The highest BCUT2D eigenvalue weighted by molar-refractivity contribution is 5.67. The highest BCUT2D eigenvalue weighted by atomic mass is 19.4. The van der Waals surface area contributed by atoms with Gasteiger partial charge in [-0.1, -0.05) is 112 Å². The molecule has 212 valence electrons. The summed E-state index contributed by atoms with van der Waals surface area (Å²) >= 11 is 0. The smallest absolute Gasteiger partial charge is 0.416 e. The molecule has 1 aromatic heterocycles. The van der Waals surface area contributed by atoms with Crippen molar-refractivity contribution in [1.29, 1.82) is 5.26 Å². The van der Waals surface area contributed by atoms with Crippen molar-refractivity contribution in [2.45, 2.75) is 32.5 Å². The van der Waals surface area contributed by atoms with Crippen LogP contribution in [0.4, 0.5) is 13.2 Å². The molecule has 0 bridgehead atoms. The highest BCUT2D eigenvalue weighted by Gasteiger charge is 2.42. The molecule has 8 heteroatoms. The molecule has 0 aliphatic rings. The number of alkyl halides is 3. The maximum atomic E-state index is 14.0. The number of rotatable bonds is 7. The van der Waals surface area contributed by atoms with E-state index in [-0.39, 0.29) is 34.7 Å². The van der Waals surface area contributed by atoms with Crippen LogP contribution in [0.1, 0.15) is 48.7 Å². The van der Waals surface area contributed by atoms with Gasteiger partial charge in [-0.2, -0.15) is 28.3 Å². The van der Waals surface area contributed by atoms with Gasteiger partial charge < -0.3 is 4.74 Å². The molecule has 0 fully saturated rings. The molecule has 0 aliphatic carbocycles. The second kappa shape index (κ2) is 11.2. The molecule has 42 heavy (non-hydrogen) atoms. The van der Waals surface area contributed by atoms with E-state index in [4.69, 9.17) is 9.84 Å². The number of hydrogen-bond acceptors (Lipinski definition) is 4. The number of nitrogens with zero attached hydrogens (tertiary/aromatic N) is 4. The van der Waals surface area contributed by atoms with Crippen LogP contribution in [0.25, 0.3) is 11.3 Å². The lowest BCUT2D eigenvalue weighted by molar-refractivity contribution is -0.137. The van der Waals surface area contributed by atoms with E-state index >= 15 is 0 Å². The number of benzene rings is 4. The fourth-order valence-electron chi connectivity index (χ4n) is 4.89. The molecule has 4 aromatic carbocycles. The second-order valence-corrected chi connectivity index (χ2v) is 11.2. The predicted molar refractivity (Wildman–Crippen MR) is 155 cm³/mol. The molecule has 0 aliphatic heterocycles. The van der Waals surface area contributed by atoms with Crippen LogP contribution in [0, 0.1) is 16.7 Å². The van der Waals surface area contributed by atoms with Crippen LogP contribution in [0.2, 0.25) is 0 Å². The third kappa shape index (κ3) is 5.64. The number of hydrogen-bond donors (Lipinski definition) is 0. The number of ether oxygens (including phenoxy) is 1. The van der Waals surface area contributed by atoms with Gasteiger partial charge in [-0.05, 0) is 40.3 Å². The normalized spacial score (nSPS) is 12.1. The Kier molecular flexibility index (Phi) is 7.61. The van der Waals surface area contributed by atoms with Crippen molar-refractivity contribution in [2.75, 3.05) is 6.61 Å². The van der Waals surface area contributed by atoms with Gasteiger partial charge >= 0.3 is 6.18 Å². The summed E-state index contributed by atoms with van der Waals surface area (Å²) in [6.45, 7) is 5.98. The summed E-state index contributed by atoms with van der Waals surface area (Å²) in [5.74, 6) is 0.0358. The van der Waals surface area contributed by atoms with Crippen LogP contribution in [-0.2, 0) is 11.7 Å². The van der Waals surface area contributed by atoms with Gasteiger partial charge in [0.1, 0.15) is 17.5 Å². The van der Waals surface area contributed by atoms with E-state index in [1.165, 1.54) is 10.9 Å². The van der Waals surface area contributed by atoms with Gasteiger partial charge in [0.05, 0.1) is 12.2 Å². The highest BCUT2D eigenvalue weighted by Crippen LogP contribution is 2.41. The molecule has 0 radical (unpaired) electrons. The third-order valence-electron chi connectivity index (χ3n) is 6.77. The van der Waals surface area contributed by atoms with Crippen LogP contribution in [0.5, 0.6) is 5.75 Å². The summed E-state index contributed by atoms with van der Waals surface area (Å²) in [6.07, 6.45) is -4.64. The van der Waals surface area contributed by atoms with E-state index in [0.717, 1.165) is 28.8 Å². The maximum absolute atomic E-state index is 14.0. The maximum Gasteiger partial charge on any atom is 0.416 e. The van der Waals surface area contributed by atoms with Gasteiger partial charge in [0.2, 0.25) is 0 Å². The van der Waals surface area contributed by atoms with Gasteiger partial charge in [-0.15, -0.1) is 5.10 Å². The van der Waals surface area contributed by atoms with Crippen molar-refractivity contribution in [3.8, 4) is 23.1 Å². The van der Waals surface area contributed by atoms with Crippen LogP contribution >= 0.6 is 0 Å². The molecule has 0 N–H and O–H groups in total. The molecule has 5 rings (SSSR count). The monoisotopic (exact) mass is 566 g/mol. The lowest BCUT2D eigenvalue weighted by Crippen LogP contribution is -2.39. The Hall–Kier alpha value is -4.90. The summed E-state index contributed by atoms with van der Waals surface area (Å²) in [4.78, 5) is 1.44. The molecular formula is C34H29F3N4O. The first-order valence-corrected chi connectivity index (χ1v) is 13.4. The molecule has 5 nitrogen and oxygen atoms in total. The zero-order valence-electron chi connectivity index (χ0n) is 23.4. The van der Waals surface area contributed by atoms with Gasteiger partial charge in [0, 0.05) is 5.56 Å². The molecule has 5 aromatic rings. The minimum absolute atomic E-state index is 0.0244. The Balaban J connectivity index is 1.79. The van der Waals surface area contributed by atoms with Crippen LogP contribution in [0.15, 0.2) is 109 Å².